The Morgan fingerprint density at radius 3 is 2.55 bits per heavy atom. The van der Waals surface area contributed by atoms with Gasteiger partial charge in [-0.05, 0) is 18.8 Å². The average Bonchev–Trinajstić information content (AvgIpc) is 2.78. The largest absolute Gasteiger partial charge is 0.392 e. The minimum atomic E-state index is -0.112. The van der Waals surface area contributed by atoms with Crippen molar-refractivity contribution in [1.82, 2.24) is 14.7 Å². The molecule has 0 bridgehead atoms. The van der Waals surface area contributed by atoms with E-state index in [9.17, 15) is 5.11 Å². The number of aliphatic hydroxyl groups excluding tert-OH is 1. The number of rotatable bonds is 4. The first-order valence-electron chi connectivity index (χ1n) is 8.89. The fraction of sp³-hybridized carbons (Fsp3) is 1.00. The van der Waals surface area contributed by atoms with Gasteiger partial charge in [-0.1, -0.05) is 13.8 Å². The van der Waals surface area contributed by atoms with Gasteiger partial charge in [-0.3, -0.25) is 14.7 Å². The summed E-state index contributed by atoms with van der Waals surface area (Å²) in [6, 6.07) is 1.15. The molecular formula is C17H33N3O2. The third kappa shape index (κ3) is 4.01. The van der Waals surface area contributed by atoms with E-state index in [1.807, 2.05) is 0 Å². The highest BCUT2D eigenvalue weighted by molar-refractivity contribution is 4.95. The summed E-state index contributed by atoms with van der Waals surface area (Å²) in [4.78, 5) is 7.68. The Kier molecular flexibility index (Phi) is 5.10. The van der Waals surface area contributed by atoms with Crippen molar-refractivity contribution in [1.29, 1.82) is 0 Å². The maximum atomic E-state index is 9.90. The second-order valence-electron chi connectivity index (χ2n) is 8.33. The van der Waals surface area contributed by atoms with E-state index in [1.165, 1.54) is 0 Å². The van der Waals surface area contributed by atoms with E-state index in [1.54, 1.807) is 0 Å². The zero-order chi connectivity index (χ0) is 15.7. The van der Waals surface area contributed by atoms with Crippen LogP contribution in [0.4, 0.5) is 0 Å². The third-order valence-electron chi connectivity index (χ3n) is 5.46. The molecule has 0 spiro atoms. The molecule has 0 saturated carbocycles. The minimum Gasteiger partial charge on any atom is -0.392 e. The first-order valence-corrected chi connectivity index (χ1v) is 8.89. The van der Waals surface area contributed by atoms with Gasteiger partial charge in [0.2, 0.25) is 0 Å². The van der Waals surface area contributed by atoms with E-state index in [2.05, 4.69) is 35.5 Å². The van der Waals surface area contributed by atoms with Gasteiger partial charge < -0.3 is 9.84 Å². The summed E-state index contributed by atoms with van der Waals surface area (Å²) in [5.74, 6) is 0. The Labute approximate surface area is 135 Å². The highest BCUT2D eigenvalue weighted by Gasteiger charge is 2.39. The van der Waals surface area contributed by atoms with Gasteiger partial charge in [0.25, 0.3) is 0 Å². The summed E-state index contributed by atoms with van der Waals surface area (Å²) in [6.45, 7) is 16.4. The summed E-state index contributed by atoms with van der Waals surface area (Å²) >= 11 is 0. The van der Waals surface area contributed by atoms with Gasteiger partial charge in [-0.25, -0.2) is 0 Å². The maximum Gasteiger partial charge on any atom is 0.0682 e. The fourth-order valence-corrected chi connectivity index (χ4v) is 4.46. The molecule has 3 aliphatic heterocycles. The number of ether oxygens (including phenoxy) is 1. The van der Waals surface area contributed by atoms with Crippen LogP contribution in [0.2, 0.25) is 0 Å². The smallest absolute Gasteiger partial charge is 0.0682 e. The second-order valence-corrected chi connectivity index (χ2v) is 8.33. The summed E-state index contributed by atoms with van der Waals surface area (Å²) < 4.78 is 5.46. The zero-order valence-electron chi connectivity index (χ0n) is 14.5. The van der Waals surface area contributed by atoms with E-state index >= 15 is 0 Å². The van der Waals surface area contributed by atoms with Crippen molar-refractivity contribution in [2.45, 2.75) is 45.4 Å². The van der Waals surface area contributed by atoms with Crippen LogP contribution in [0.1, 0.15) is 27.2 Å². The van der Waals surface area contributed by atoms with E-state index < -0.39 is 0 Å². The number of nitrogens with zero attached hydrogens (tertiary/aromatic N) is 3. The van der Waals surface area contributed by atoms with Gasteiger partial charge in [-0.2, -0.15) is 0 Å². The quantitative estimate of drug-likeness (QED) is 0.818. The van der Waals surface area contributed by atoms with Crippen LogP contribution in [0, 0.1) is 5.41 Å². The Balaban J connectivity index is 1.54. The monoisotopic (exact) mass is 311 g/mol. The number of piperazine rings is 1. The molecule has 1 N–H and O–H groups in total. The van der Waals surface area contributed by atoms with Gasteiger partial charge in [-0.15, -0.1) is 0 Å². The van der Waals surface area contributed by atoms with Gasteiger partial charge in [0.05, 0.1) is 19.3 Å². The molecule has 0 aromatic heterocycles. The van der Waals surface area contributed by atoms with Gasteiger partial charge in [0.15, 0.2) is 0 Å². The topological polar surface area (TPSA) is 39.2 Å². The lowest BCUT2D eigenvalue weighted by molar-refractivity contribution is -0.00265. The van der Waals surface area contributed by atoms with Crippen LogP contribution in [0.15, 0.2) is 0 Å². The van der Waals surface area contributed by atoms with Crippen molar-refractivity contribution in [2.24, 2.45) is 5.41 Å². The molecule has 3 heterocycles. The van der Waals surface area contributed by atoms with E-state index in [0.29, 0.717) is 17.5 Å². The lowest BCUT2D eigenvalue weighted by Gasteiger charge is -2.46. The van der Waals surface area contributed by atoms with Gasteiger partial charge in [0.1, 0.15) is 0 Å². The highest BCUT2D eigenvalue weighted by atomic mass is 16.5. The van der Waals surface area contributed by atoms with Crippen molar-refractivity contribution in [2.75, 3.05) is 59.0 Å². The molecule has 0 aromatic rings. The van der Waals surface area contributed by atoms with Crippen molar-refractivity contribution in [3.8, 4) is 0 Å². The molecule has 5 heteroatoms. The van der Waals surface area contributed by atoms with Gasteiger partial charge >= 0.3 is 0 Å². The van der Waals surface area contributed by atoms with E-state index in [4.69, 9.17) is 4.74 Å². The molecule has 5 nitrogen and oxygen atoms in total. The predicted molar refractivity (Wildman–Crippen MR) is 88.1 cm³/mol. The summed E-state index contributed by atoms with van der Waals surface area (Å²) in [5, 5.41) is 9.90. The average molecular weight is 311 g/mol. The number of morpholine rings is 1. The molecular weight excluding hydrogens is 278 g/mol. The van der Waals surface area contributed by atoms with Gasteiger partial charge in [0, 0.05) is 57.9 Å². The zero-order valence-corrected chi connectivity index (χ0v) is 14.5. The van der Waals surface area contributed by atoms with Crippen molar-refractivity contribution in [3.05, 3.63) is 0 Å². The summed E-state index contributed by atoms with van der Waals surface area (Å²) in [7, 11) is 0. The molecule has 0 amide bonds. The van der Waals surface area contributed by atoms with Crippen LogP contribution in [-0.4, -0.2) is 97.0 Å². The normalized spacial score (nSPS) is 35.7. The predicted octanol–water partition coefficient (Wildman–Crippen LogP) is 0.484. The van der Waals surface area contributed by atoms with Crippen LogP contribution >= 0.6 is 0 Å². The molecule has 0 aromatic carbocycles. The summed E-state index contributed by atoms with van der Waals surface area (Å²) in [6.07, 6.45) is 0.839. The lowest BCUT2D eigenvalue weighted by atomic mass is 9.90. The highest BCUT2D eigenvalue weighted by Crippen LogP contribution is 2.28. The SMILES string of the molecule is C[C@H]1CN2C[C@H](O)CC2CN1CC(C)(C)CN1CCOCC1. The molecule has 22 heavy (non-hydrogen) atoms. The Hall–Kier alpha value is -0.200. The molecule has 0 radical (unpaired) electrons. The number of hydrogen-bond acceptors (Lipinski definition) is 5. The minimum absolute atomic E-state index is 0.112. The number of aliphatic hydroxyl groups is 1. The molecule has 128 valence electrons. The first kappa shape index (κ1) is 16.7. The Morgan fingerprint density at radius 2 is 1.82 bits per heavy atom. The van der Waals surface area contributed by atoms with Crippen molar-refractivity contribution < 1.29 is 9.84 Å². The first-order chi connectivity index (χ1) is 10.4. The van der Waals surface area contributed by atoms with Crippen LogP contribution in [0.5, 0.6) is 0 Å². The molecule has 1 unspecified atom stereocenters. The van der Waals surface area contributed by atoms with Crippen LogP contribution in [0.3, 0.4) is 0 Å². The molecule has 3 aliphatic rings. The maximum absolute atomic E-state index is 9.90. The van der Waals surface area contributed by atoms with E-state index in [0.717, 1.165) is 65.4 Å². The van der Waals surface area contributed by atoms with E-state index in [-0.39, 0.29) is 6.10 Å². The number of fused-ring (bicyclic) bond motifs is 1. The molecule has 3 fully saturated rings. The van der Waals surface area contributed by atoms with Crippen molar-refractivity contribution >= 4 is 0 Å². The fourth-order valence-electron chi connectivity index (χ4n) is 4.46. The Morgan fingerprint density at radius 1 is 1.09 bits per heavy atom. The summed E-state index contributed by atoms with van der Waals surface area (Å²) in [5.41, 5.74) is 0.297. The second kappa shape index (κ2) is 6.73. The Bertz CT molecular complexity index is 371. The van der Waals surface area contributed by atoms with Crippen LogP contribution in [-0.2, 0) is 4.74 Å². The van der Waals surface area contributed by atoms with Crippen LogP contribution in [0.25, 0.3) is 0 Å². The van der Waals surface area contributed by atoms with Crippen molar-refractivity contribution in [3.63, 3.8) is 0 Å². The molecule has 0 aliphatic carbocycles. The molecule has 3 rings (SSSR count). The lowest BCUT2D eigenvalue weighted by Crippen LogP contribution is -2.57. The number of hydrogen-bond donors (Lipinski definition) is 1. The molecule has 3 atom stereocenters. The van der Waals surface area contributed by atoms with Crippen LogP contribution < -0.4 is 0 Å². The third-order valence-corrected chi connectivity index (χ3v) is 5.46. The standard InChI is InChI=1S/C17H33N3O2/c1-14-9-19-11-16(21)8-15(19)10-20(14)13-17(2,3)12-18-4-6-22-7-5-18/h14-16,21H,4-13H2,1-3H3/t14-,15?,16+/m0/s1. The molecule has 3 saturated heterocycles.